The van der Waals surface area contributed by atoms with Crippen LogP contribution in [0, 0.1) is 0 Å². The highest BCUT2D eigenvalue weighted by Gasteiger charge is 2.10. The number of hydrogen-bond acceptors (Lipinski definition) is 5. The molecule has 0 aliphatic heterocycles. The Morgan fingerprint density at radius 1 is 1.08 bits per heavy atom. The molecule has 0 atom stereocenters. The second-order valence-electron chi connectivity index (χ2n) is 5.65. The second kappa shape index (κ2) is 7.77. The van der Waals surface area contributed by atoms with Crippen LogP contribution in [0.3, 0.4) is 0 Å². The molecule has 1 aromatic heterocycles. The van der Waals surface area contributed by atoms with Gasteiger partial charge in [-0.05, 0) is 17.7 Å². The van der Waals surface area contributed by atoms with Gasteiger partial charge in [-0.1, -0.05) is 42.5 Å². The summed E-state index contributed by atoms with van der Waals surface area (Å²) in [6.07, 6.45) is 0.193. The van der Waals surface area contributed by atoms with Gasteiger partial charge in [0.1, 0.15) is 5.01 Å². The summed E-state index contributed by atoms with van der Waals surface area (Å²) in [6, 6.07) is 15.9. The molecule has 0 fully saturated rings. The molecule has 26 heavy (non-hydrogen) atoms. The molecule has 0 aliphatic carbocycles. The van der Waals surface area contributed by atoms with Crippen molar-refractivity contribution < 1.29 is 13.2 Å². The molecule has 0 unspecified atom stereocenters. The number of primary sulfonamides is 1. The van der Waals surface area contributed by atoms with E-state index in [0.717, 1.165) is 21.8 Å². The molecular weight excluding hydrogens is 370 g/mol. The van der Waals surface area contributed by atoms with Crippen molar-refractivity contribution in [3.63, 3.8) is 0 Å². The van der Waals surface area contributed by atoms with E-state index in [1.807, 2.05) is 35.7 Å². The number of benzene rings is 2. The zero-order valence-corrected chi connectivity index (χ0v) is 15.4. The van der Waals surface area contributed by atoms with Crippen molar-refractivity contribution in [2.45, 2.75) is 17.9 Å². The van der Waals surface area contributed by atoms with Gasteiger partial charge in [0.25, 0.3) is 0 Å². The highest BCUT2D eigenvalue weighted by Crippen LogP contribution is 2.23. The normalized spacial score (nSPS) is 11.3. The number of hydrogen-bond donors (Lipinski definition) is 2. The number of nitrogens with two attached hydrogens (primary N) is 1. The van der Waals surface area contributed by atoms with E-state index in [1.54, 1.807) is 12.1 Å². The molecule has 0 saturated heterocycles. The average molecular weight is 387 g/mol. The molecule has 2 aromatic carbocycles. The summed E-state index contributed by atoms with van der Waals surface area (Å²) in [5.74, 6) is -0.148. The quantitative estimate of drug-likeness (QED) is 0.677. The van der Waals surface area contributed by atoms with Gasteiger partial charge in [0.15, 0.2) is 0 Å². The minimum absolute atomic E-state index is 0.0449. The Labute approximate surface area is 155 Å². The van der Waals surface area contributed by atoms with Crippen molar-refractivity contribution in [2.75, 3.05) is 0 Å². The first kappa shape index (κ1) is 18.2. The van der Waals surface area contributed by atoms with Crippen LogP contribution in [0.15, 0.2) is 64.9 Å². The summed E-state index contributed by atoms with van der Waals surface area (Å²) < 4.78 is 22.4. The van der Waals surface area contributed by atoms with E-state index in [0.29, 0.717) is 6.54 Å². The van der Waals surface area contributed by atoms with Gasteiger partial charge in [-0.25, -0.2) is 18.5 Å². The number of nitrogens with zero attached hydrogens (tertiary/aromatic N) is 1. The van der Waals surface area contributed by atoms with E-state index in [-0.39, 0.29) is 17.2 Å². The Hall–Kier alpha value is -2.55. The SMILES string of the molecule is NS(=O)(=O)c1ccc(CNC(=O)Cc2csc(-c3ccccc3)n2)cc1. The van der Waals surface area contributed by atoms with Crippen molar-refractivity contribution in [1.29, 1.82) is 0 Å². The summed E-state index contributed by atoms with van der Waals surface area (Å²) in [6.45, 7) is 0.305. The molecule has 6 nitrogen and oxygen atoms in total. The molecule has 3 N–H and O–H groups in total. The molecule has 8 heteroatoms. The molecule has 0 aliphatic rings. The van der Waals surface area contributed by atoms with Crippen molar-refractivity contribution in [3.05, 3.63) is 71.2 Å². The van der Waals surface area contributed by atoms with Crippen LogP contribution >= 0.6 is 11.3 Å². The lowest BCUT2D eigenvalue weighted by molar-refractivity contribution is -0.120. The molecule has 3 rings (SSSR count). The topological polar surface area (TPSA) is 102 Å². The van der Waals surface area contributed by atoms with Crippen LogP contribution in [0.4, 0.5) is 0 Å². The largest absolute Gasteiger partial charge is 0.352 e. The number of amides is 1. The fraction of sp³-hybridized carbons (Fsp3) is 0.111. The molecule has 1 heterocycles. The zero-order valence-electron chi connectivity index (χ0n) is 13.8. The number of carbonyl (C=O) groups excluding carboxylic acids is 1. The number of carbonyl (C=O) groups is 1. The summed E-state index contributed by atoms with van der Waals surface area (Å²) in [7, 11) is -3.71. The molecular formula is C18H17N3O3S2. The van der Waals surface area contributed by atoms with E-state index >= 15 is 0 Å². The minimum atomic E-state index is -3.71. The predicted octanol–water partition coefficient (Wildman–Crippen LogP) is 2.32. The molecule has 134 valence electrons. The highest BCUT2D eigenvalue weighted by molar-refractivity contribution is 7.89. The Bertz CT molecular complexity index is 998. The predicted molar refractivity (Wildman–Crippen MR) is 101 cm³/mol. The van der Waals surface area contributed by atoms with E-state index in [2.05, 4.69) is 10.3 Å². The summed E-state index contributed by atoms with van der Waals surface area (Å²) >= 11 is 1.50. The first-order chi connectivity index (χ1) is 12.4. The standard InChI is InChI=1S/C18H17N3O3S2/c19-26(23,24)16-8-6-13(7-9-16)11-20-17(22)10-15-12-25-18(21-15)14-4-2-1-3-5-14/h1-9,12H,10-11H2,(H,20,22)(H2,19,23,24). The van der Waals surface area contributed by atoms with Gasteiger partial charge < -0.3 is 5.32 Å². The van der Waals surface area contributed by atoms with Crippen LogP contribution < -0.4 is 10.5 Å². The second-order valence-corrected chi connectivity index (χ2v) is 8.07. The van der Waals surface area contributed by atoms with Gasteiger partial charge in [0.05, 0.1) is 17.0 Å². The maximum absolute atomic E-state index is 12.1. The molecule has 0 saturated carbocycles. The highest BCUT2D eigenvalue weighted by atomic mass is 32.2. The maximum Gasteiger partial charge on any atom is 0.238 e. The summed E-state index contributed by atoms with van der Waals surface area (Å²) in [4.78, 5) is 16.6. The van der Waals surface area contributed by atoms with Crippen molar-refractivity contribution in [1.82, 2.24) is 10.3 Å². The smallest absolute Gasteiger partial charge is 0.238 e. The van der Waals surface area contributed by atoms with Crippen molar-refractivity contribution >= 4 is 27.3 Å². The van der Waals surface area contributed by atoms with Crippen LogP contribution in [-0.4, -0.2) is 19.3 Å². The van der Waals surface area contributed by atoms with Gasteiger partial charge >= 0.3 is 0 Å². The third kappa shape index (κ3) is 4.75. The maximum atomic E-state index is 12.1. The Kier molecular flexibility index (Phi) is 5.46. The number of rotatable bonds is 6. The van der Waals surface area contributed by atoms with E-state index in [9.17, 15) is 13.2 Å². The van der Waals surface area contributed by atoms with Gasteiger partial charge in [-0.3, -0.25) is 4.79 Å². The number of aromatic nitrogens is 1. The lowest BCUT2D eigenvalue weighted by Gasteiger charge is -2.05. The Morgan fingerprint density at radius 3 is 2.42 bits per heavy atom. The van der Waals surface area contributed by atoms with Crippen LogP contribution in [0.5, 0.6) is 0 Å². The third-order valence-corrected chi connectivity index (χ3v) is 5.53. The third-order valence-electron chi connectivity index (χ3n) is 3.66. The average Bonchev–Trinajstić information content (AvgIpc) is 3.09. The molecule has 1 amide bonds. The molecule has 0 radical (unpaired) electrons. The molecule has 3 aromatic rings. The van der Waals surface area contributed by atoms with Crippen molar-refractivity contribution in [2.24, 2.45) is 5.14 Å². The van der Waals surface area contributed by atoms with E-state index in [1.165, 1.54) is 23.5 Å². The van der Waals surface area contributed by atoms with Crippen LogP contribution in [0.2, 0.25) is 0 Å². The first-order valence-corrected chi connectivity index (χ1v) is 10.2. The fourth-order valence-corrected chi connectivity index (χ4v) is 3.67. The van der Waals surface area contributed by atoms with Gasteiger partial charge in [0, 0.05) is 17.5 Å². The minimum Gasteiger partial charge on any atom is -0.352 e. The van der Waals surface area contributed by atoms with Crippen LogP contribution in [-0.2, 0) is 27.8 Å². The number of thiazole rings is 1. The van der Waals surface area contributed by atoms with Crippen LogP contribution in [0.25, 0.3) is 10.6 Å². The summed E-state index contributed by atoms with van der Waals surface area (Å²) in [5.41, 5.74) is 2.53. The zero-order chi connectivity index (χ0) is 18.6. The number of nitrogens with one attached hydrogen (secondary N) is 1. The molecule has 0 bridgehead atoms. The van der Waals surface area contributed by atoms with Crippen LogP contribution in [0.1, 0.15) is 11.3 Å². The summed E-state index contributed by atoms with van der Waals surface area (Å²) in [5, 5.41) is 10.6. The van der Waals surface area contributed by atoms with Gasteiger partial charge in [0.2, 0.25) is 15.9 Å². The lowest BCUT2D eigenvalue weighted by Crippen LogP contribution is -2.24. The fourth-order valence-electron chi connectivity index (χ4n) is 2.33. The van der Waals surface area contributed by atoms with E-state index in [4.69, 9.17) is 5.14 Å². The Balaban J connectivity index is 1.55. The van der Waals surface area contributed by atoms with Crippen molar-refractivity contribution in [3.8, 4) is 10.6 Å². The van der Waals surface area contributed by atoms with Gasteiger partial charge in [-0.15, -0.1) is 11.3 Å². The monoisotopic (exact) mass is 387 g/mol. The first-order valence-electron chi connectivity index (χ1n) is 7.80. The molecule has 0 spiro atoms. The lowest BCUT2D eigenvalue weighted by atomic mass is 10.2. The number of sulfonamides is 1. The van der Waals surface area contributed by atoms with E-state index < -0.39 is 10.0 Å². The Morgan fingerprint density at radius 2 is 1.77 bits per heavy atom. The van der Waals surface area contributed by atoms with Gasteiger partial charge in [-0.2, -0.15) is 0 Å².